The number of nitrogens with zero attached hydrogens (tertiary/aromatic N) is 1. The smallest absolute Gasteiger partial charge is 0.410 e. The molecular weight excluding hydrogens is 586 g/mol. The molecule has 0 bridgehead atoms. The van der Waals surface area contributed by atoms with Gasteiger partial charge in [0, 0.05) is 18.4 Å². The molecule has 0 spiro atoms. The van der Waals surface area contributed by atoms with Gasteiger partial charge in [0.2, 0.25) is 0 Å². The zero-order valence-electron chi connectivity index (χ0n) is 28.2. The Balaban J connectivity index is 0.911. The van der Waals surface area contributed by atoms with E-state index in [0.29, 0.717) is 36.5 Å². The van der Waals surface area contributed by atoms with E-state index in [-0.39, 0.29) is 41.3 Å². The number of hydrogen-bond donors (Lipinski definition) is 0. The summed E-state index contributed by atoms with van der Waals surface area (Å²) in [5.74, 6) is 2.28. The highest BCUT2D eigenvalue weighted by Crippen LogP contribution is 2.67. The summed E-state index contributed by atoms with van der Waals surface area (Å²) in [5, 5.41) is 0. The summed E-state index contributed by atoms with van der Waals surface area (Å²) >= 11 is 0. The van der Waals surface area contributed by atoms with E-state index in [0.717, 1.165) is 38.5 Å². The molecule has 0 unspecified atom stereocenters. The number of rotatable bonds is 5. The van der Waals surface area contributed by atoms with Crippen molar-refractivity contribution in [1.82, 2.24) is 4.90 Å². The predicted octanol–water partition coefficient (Wildman–Crippen LogP) is 8.48. The van der Waals surface area contributed by atoms with Crippen LogP contribution in [0.25, 0.3) is 11.1 Å². The molecule has 0 aromatic heterocycles. The number of esters is 1. The van der Waals surface area contributed by atoms with Crippen LogP contribution in [0, 0.1) is 34.5 Å². The molecule has 1 heterocycles. The van der Waals surface area contributed by atoms with Crippen LogP contribution >= 0.6 is 0 Å². The fourth-order valence-electron chi connectivity index (χ4n) is 11.6. The van der Waals surface area contributed by atoms with Crippen LogP contribution in [0.2, 0.25) is 0 Å². The van der Waals surface area contributed by atoms with E-state index in [9.17, 15) is 14.4 Å². The summed E-state index contributed by atoms with van der Waals surface area (Å²) in [6.07, 6.45) is 11.6. The number of likely N-dealkylation sites (tertiary alicyclic amines) is 1. The molecule has 0 N–H and O–H groups in total. The second kappa shape index (κ2) is 11.6. The predicted molar refractivity (Wildman–Crippen MR) is 181 cm³/mol. The van der Waals surface area contributed by atoms with Crippen molar-refractivity contribution in [2.24, 2.45) is 34.5 Å². The van der Waals surface area contributed by atoms with Crippen LogP contribution in [-0.2, 0) is 19.1 Å². The number of ketones is 1. The molecule has 5 aliphatic carbocycles. The number of fused-ring (bicyclic) bond motifs is 8. The molecule has 2 aromatic rings. The first kappa shape index (κ1) is 30.9. The van der Waals surface area contributed by atoms with Crippen molar-refractivity contribution >= 4 is 17.8 Å². The van der Waals surface area contributed by atoms with Gasteiger partial charge in [0.1, 0.15) is 24.5 Å². The van der Waals surface area contributed by atoms with Gasteiger partial charge >= 0.3 is 12.1 Å². The second-order valence-electron chi connectivity index (χ2n) is 16.0. The molecule has 2 aromatic carbocycles. The van der Waals surface area contributed by atoms with Crippen LogP contribution in [0.1, 0.15) is 102 Å². The number of benzene rings is 2. The normalized spacial score (nSPS) is 35.6. The van der Waals surface area contributed by atoms with Crippen molar-refractivity contribution < 1.29 is 23.9 Å². The Morgan fingerprint density at radius 3 is 2.30 bits per heavy atom. The number of Topliss-reactive ketones (excluding diaryl/α,β-unsaturated/α-hetero) is 1. The quantitative estimate of drug-likeness (QED) is 0.243. The summed E-state index contributed by atoms with van der Waals surface area (Å²) in [4.78, 5) is 41.1. The maximum Gasteiger partial charge on any atom is 0.410 e. The fourth-order valence-corrected chi connectivity index (χ4v) is 11.6. The highest BCUT2D eigenvalue weighted by molar-refractivity contribution is 5.83. The first-order valence-electron chi connectivity index (χ1n) is 18.2. The molecule has 1 amide bonds. The van der Waals surface area contributed by atoms with Crippen molar-refractivity contribution in [3.63, 3.8) is 0 Å². The van der Waals surface area contributed by atoms with Gasteiger partial charge in [-0.2, -0.15) is 0 Å². The first-order chi connectivity index (χ1) is 22.7. The van der Waals surface area contributed by atoms with Crippen LogP contribution in [0.15, 0.2) is 60.2 Å². The summed E-state index contributed by atoms with van der Waals surface area (Å²) < 4.78 is 12.1. The molecule has 3 saturated carbocycles. The zero-order chi connectivity index (χ0) is 32.5. The van der Waals surface area contributed by atoms with Gasteiger partial charge in [-0.1, -0.05) is 68.0 Å². The van der Waals surface area contributed by atoms with Gasteiger partial charge in [-0.25, -0.2) is 9.59 Å². The highest BCUT2D eigenvalue weighted by Gasteiger charge is 2.59. The molecule has 6 aliphatic rings. The molecule has 8 atom stereocenters. The average molecular weight is 636 g/mol. The Bertz CT molecular complexity index is 1580. The van der Waals surface area contributed by atoms with E-state index in [2.05, 4.69) is 44.2 Å². The lowest BCUT2D eigenvalue weighted by Crippen LogP contribution is -2.51. The van der Waals surface area contributed by atoms with Gasteiger partial charge in [-0.3, -0.25) is 9.69 Å². The molecule has 0 radical (unpaired) electrons. The molecule has 6 nitrogen and oxygen atoms in total. The van der Waals surface area contributed by atoms with E-state index in [1.54, 1.807) is 11.8 Å². The number of allylic oxidation sites excluding steroid dienone is 1. The third-order valence-electron chi connectivity index (χ3n) is 13.9. The van der Waals surface area contributed by atoms with Gasteiger partial charge in [-0.15, -0.1) is 0 Å². The molecule has 4 fully saturated rings. The van der Waals surface area contributed by atoms with Gasteiger partial charge in [-0.05, 0) is 128 Å². The van der Waals surface area contributed by atoms with Crippen molar-refractivity contribution in [3.05, 3.63) is 71.3 Å². The van der Waals surface area contributed by atoms with Crippen LogP contribution in [-0.4, -0.2) is 48.0 Å². The van der Waals surface area contributed by atoms with Crippen molar-refractivity contribution in [2.75, 3.05) is 13.2 Å². The number of ether oxygens (including phenoxy) is 2. The summed E-state index contributed by atoms with van der Waals surface area (Å²) in [6, 6.07) is 16.0. The third kappa shape index (κ3) is 4.91. The topological polar surface area (TPSA) is 72.9 Å². The maximum atomic E-state index is 13.6. The number of carbonyl (C=O) groups is 3. The Kier molecular flexibility index (Phi) is 7.64. The fraction of sp³-hybridized carbons (Fsp3) is 0.585. The van der Waals surface area contributed by atoms with E-state index in [1.165, 1.54) is 47.1 Å². The SMILES string of the molecule is CC(=O)[C@H]1CC[C@H]2[C@@H]3CCC4=C[C@@H](OC(=O)[C@@H]5CCCN5C(=O)OCC5c6ccccc6-c6ccccc65)CC[C@]4(C)[C@H]3CC[C@]12C. The minimum atomic E-state index is -0.597. The summed E-state index contributed by atoms with van der Waals surface area (Å²) in [6.45, 7) is 7.43. The van der Waals surface area contributed by atoms with Crippen LogP contribution < -0.4 is 0 Å². The molecule has 47 heavy (non-hydrogen) atoms. The van der Waals surface area contributed by atoms with Gasteiger partial charge in [0.25, 0.3) is 0 Å². The van der Waals surface area contributed by atoms with E-state index >= 15 is 0 Å². The average Bonchev–Trinajstić information content (AvgIpc) is 3.78. The molecule has 1 saturated heterocycles. The number of amides is 1. The van der Waals surface area contributed by atoms with Gasteiger partial charge in [0.15, 0.2) is 0 Å². The lowest BCUT2D eigenvalue weighted by atomic mass is 9.46. The van der Waals surface area contributed by atoms with Crippen LogP contribution in [0.5, 0.6) is 0 Å². The van der Waals surface area contributed by atoms with E-state index in [4.69, 9.17) is 9.47 Å². The molecule has 1 aliphatic heterocycles. The Hall–Kier alpha value is -3.41. The van der Waals surface area contributed by atoms with Crippen molar-refractivity contribution in [1.29, 1.82) is 0 Å². The third-order valence-corrected chi connectivity index (χ3v) is 13.9. The first-order valence-corrected chi connectivity index (χ1v) is 18.2. The van der Waals surface area contributed by atoms with E-state index < -0.39 is 12.1 Å². The highest BCUT2D eigenvalue weighted by atomic mass is 16.6. The molecule has 248 valence electrons. The lowest BCUT2D eigenvalue weighted by molar-refractivity contribution is -0.153. The van der Waals surface area contributed by atoms with Crippen LogP contribution in [0.4, 0.5) is 4.79 Å². The van der Waals surface area contributed by atoms with Crippen LogP contribution in [0.3, 0.4) is 0 Å². The summed E-state index contributed by atoms with van der Waals surface area (Å²) in [5.41, 5.74) is 6.51. The van der Waals surface area contributed by atoms with Gasteiger partial charge < -0.3 is 9.47 Å². The van der Waals surface area contributed by atoms with Crippen molar-refractivity contribution in [3.8, 4) is 11.1 Å². The Labute approximate surface area is 279 Å². The zero-order valence-corrected chi connectivity index (χ0v) is 28.2. The molecule has 8 rings (SSSR count). The largest absolute Gasteiger partial charge is 0.457 e. The second-order valence-corrected chi connectivity index (χ2v) is 16.0. The van der Waals surface area contributed by atoms with Gasteiger partial charge in [0.05, 0.1) is 0 Å². The minimum Gasteiger partial charge on any atom is -0.457 e. The minimum absolute atomic E-state index is 0.0141. The standard InChI is InChI=1S/C41H49NO5/c1-25(43)34-16-17-35-32-15-14-26-23-27(18-20-40(26,2)36(32)19-21-41(34,35)3)47-38(44)37-13-8-22-42(37)39(45)46-24-33-30-11-6-4-9-28(30)29-10-5-7-12-31(29)33/h4-7,9-12,23,27,32-37H,8,13-22,24H2,1-3H3/t27-,32-,34+,35-,36-,37-,40-,41+/m0/s1. The lowest BCUT2D eigenvalue weighted by Gasteiger charge is -2.58. The Morgan fingerprint density at radius 2 is 1.57 bits per heavy atom. The number of hydrogen-bond acceptors (Lipinski definition) is 5. The molecular formula is C41H49NO5. The monoisotopic (exact) mass is 635 g/mol. The summed E-state index contributed by atoms with van der Waals surface area (Å²) in [7, 11) is 0. The number of carbonyl (C=O) groups excluding carboxylic acids is 3. The Morgan fingerprint density at radius 1 is 0.851 bits per heavy atom. The maximum absolute atomic E-state index is 13.6. The van der Waals surface area contributed by atoms with Crippen molar-refractivity contribution in [2.45, 2.75) is 103 Å². The van der Waals surface area contributed by atoms with E-state index in [1.807, 2.05) is 24.3 Å². The molecule has 6 heteroatoms.